The first-order chi connectivity index (χ1) is 10.8. The second-order valence-corrected chi connectivity index (χ2v) is 6.79. The molecule has 1 fully saturated rings. The van der Waals surface area contributed by atoms with Crippen LogP contribution in [0.2, 0.25) is 0 Å². The fourth-order valence-electron chi connectivity index (χ4n) is 2.22. The van der Waals surface area contributed by atoms with Crippen LogP contribution in [0.5, 0.6) is 0 Å². The second kappa shape index (κ2) is 7.16. The molecular weight excluding hydrogens is 330 g/mol. The Labute approximate surface area is 132 Å². The maximum absolute atomic E-state index is 13.3. The summed E-state index contributed by atoms with van der Waals surface area (Å²) in [5, 5.41) is 2.49. The first-order valence-electron chi connectivity index (χ1n) is 6.80. The maximum atomic E-state index is 13.3. The fourth-order valence-corrected chi connectivity index (χ4v) is 3.86. The van der Waals surface area contributed by atoms with E-state index in [1.807, 2.05) is 0 Å². The van der Waals surface area contributed by atoms with Crippen molar-refractivity contribution in [3.05, 3.63) is 42.5 Å². The van der Waals surface area contributed by atoms with Crippen LogP contribution >= 0.6 is 0 Å². The number of carbonyl (C=O) groups is 1. The van der Waals surface area contributed by atoms with Crippen molar-refractivity contribution >= 4 is 15.9 Å². The lowest BCUT2D eigenvalue weighted by Gasteiger charge is -2.34. The van der Waals surface area contributed by atoms with E-state index >= 15 is 0 Å². The minimum Gasteiger partial charge on any atom is -0.378 e. The van der Waals surface area contributed by atoms with Crippen LogP contribution in [0.15, 0.2) is 35.7 Å². The smallest absolute Gasteiger partial charge is 0.243 e. The van der Waals surface area contributed by atoms with Gasteiger partial charge in [0.25, 0.3) is 0 Å². The molecule has 9 heteroatoms. The summed E-state index contributed by atoms with van der Waals surface area (Å²) in [5.74, 6) is -2.41. The molecule has 1 saturated heterocycles. The zero-order valence-electron chi connectivity index (χ0n) is 12.2. The van der Waals surface area contributed by atoms with Gasteiger partial charge in [-0.05, 0) is 18.2 Å². The van der Waals surface area contributed by atoms with Gasteiger partial charge in [-0.1, -0.05) is 6.58 Å². The molecule has 1 heterocycles. The molecule has 1 amide bonds. The largest absolute Gasteiger partial charge is 0.378 e. The van der Waals surface area contributed by atoms with Crippen molar-refractivity contribution in [3.8, 4) is 0 Å². The molecule has 0 saturated carbocycles. The van der Waals surface area contributed by atoms with Gasteiger partial charge >= 0.3 is 0 Å². The van der Waals surface area contributed by atoms with Gasteiger partial charge in [-0.15, -0.1) is 0 Å². The van der Waals surface area contributed by atoms with Crippen LogP contribution in [0.1, 0.15) is 0 Å². The number of hydrogen-bond donors (Lipinski definition) is 1. The standard InChI is InChI=1S/C14H16F2N2O4S/c1-2-14(19)17-8-12-9-22-4-3-18(12)23(20,21)13-6-10(15)5-11(16)7-13/h2,5-7,12H,1,3-4,8-9H2,(H,17,19). The summed E-state index contributed by atoms with van der Waals surface area (Å²) in [6.07, 6.45) is 1.06. The normalized spacial score (nSPS) is 19.3. The van der Waals surface area contributed by atoms with Crippen LogP contribution in [0.3, 0.4) is 0 Å². The van der Waals surface area contributed by atoms with Crippen LogP contribution in [0.4, 0.5) is 8.78 Å². The van der Waals surface area contributed by atoms with E-state index in [1.54, 1.807) is 0 Å². The van der Waals surface area contributed by atoms with Crippen LogP contribution in [0.25, 0.3) is 0 Å². The van der Waals surface area contributed by atoms with Crippen molar-refractivity contribution in [2.45, 2.75) is 10.9 Å². The number of ether oxygens (including phenoxy) is 1. The summed E-state index contributed by atoms with van der Waals surface area (Å²) in [6, 6.07) is 1.43. The summed E-state index contributed by atoms with van der Waals surface area (Å²) < 4.78 is 58.2. The molecule has 2 rings (SSSR count). The molecule has 6 nitrogen and oxygen atoms in total. The van der Waals surface area contributed by atoms with Gasteiger partial charge in [-0.2, -0.15) is 4.31 Å². The number of hydrogen-bond acceptors (Lipinski definition) is 4. The van der Waals surface area contributed by atoms with Gasteiger partial charge in [0.2, 0.25) is 15.9 Å². The van der Waals surface area contributed by atoms with Gasteiger partial charge in [0, 0.05) is 19.2 Å². The molecule has 23 heavy (non-hydrogen) atoms. The predicted octanol–water partition coefficient (Wildman–Crippen LogP) is 0.656. The highest BCUT2D eigenvalue weighted by molar-refractivity contribution is 7.89. The van der Waals surface area contributed by atoms with E-state index in [2.05, 4.69) is 11.9 Å². The number of nitrogens with zero attached hydrogens (tertiary/aromatic N) is 1. The van der Waals surface area contributed by atoms with Gasteiger partial charge in [-0.25, -0.2) is 17.2 Å². The molecule has 1 aliphatic rings. The molecule has 1 atom stereocenters. The highest BCUT2D eigenvalue weighted by Crippen LogP contribution is 2.22. The SMILES string of the molecule is C=CC(=O)NCC1COCCN1S(=O)(=O)c1cc(F)cc(F)c1. The van der Waals surface area contributed by atoms with E-state index in [9.17, 15) is 22.0 Å². The monoisotopic (exact) mass is 346 g/mol. The van der Waals surface area contributed by atoms with Crippen molar-refractivity contribution in [2.75, 3.05) is 26.3 Å². The van der Waals surface area contributed by atoms with Crippen LogP contribution < -0.4 is 5.32 Å². The second-order valence-electron chi connectivity index (χ2n) is 4.90. The highest BCUT2D eigenvalue weighted by atomic mass is 32.2. The summed E-state index contributed by atoms with van der Waals surface area (Å²) in [6.45, 7) is 3.55. The summed E-state index contributed by atoms with van der Waals surface area (Å²) in [4.78, 5) is 10.8. The Morgan fingerprint density at radius 2 is 2.04 bits per heavy atom. The van der Waals surface area contributed by atoms with Crippen molar-refractivity contribution < 1.29 is 26.7 Å². The van der Waals surface area contributed by atoms with Crippen molar-refractivity contribution in [1.82, 2.24) is 9.62 Å². The molecule has 0 radical (unpaired) electrons. The summed E-state index contributed by atoms with van der Waals surface area (Å²) in [7, 11) is -4.11. The molecule has 0 aromatic heterocycles. The van der Waals surface area contributed by atoms with Crippen LogP contribution in [-0.4, -0.2) is 51.0 Å². The van der Waals surface area contributed by atoms with Crippen molar-refractivity contribution in [3.63, 3.8) is 0 Å². The van der Waals surface area contributed by atoms with Gasteiger partial charge in [0.05, 0.1) is 24.2 Å². The Hall–Kier alpha value is -1.84. The molecule has 1 aromatic rings. The van der Waals surface area contributed by atoms with E-state index in [4.69, 9.17) is 4.74 Å². The number of sulfonamides is 1. The average Bonchev–Trinajstić information content (AvgIpc) is 2.51. The summed E-state index contributed by atoms with van der Waals surface area (Å²) >= 11 is 0. The van der Waals surface area contributed by atoms with E-state index in [0.29, 0.717) is 6.07 Å². The maximum Gasteiger partial charge on any atom is 0.243 e. The molecule has 126 valence electrons. The molecule has 0 bridgehead atoms. The Bertz CT molecular complexity index is 688. The van der Waals surface area contributed by atoms with E-state index in [-0.39, 0.29) is 26.3 Å². The number of amides is 1. The van der Waals surface area contributed by atoms with E-state index < -0.39 is 38.5 Å². The molecule has 1 aromatic carbocycles. The Kier molecular flexibility index (Phi) is 5.45. The number of rotatable bonds is 5. The minimum atomic E-state index is -4.11. The molecule has 1 unspecified atom stereocenters. The molecule has 1 N–H and O–H groups in total. The quantitative estimate of drug-likeness (QED) is 0.795. The third kappa shape index (κ3) is 4.12. The first kappa shape index (κ1) is 17.5. The van der Waals surface area contributed by atoms with Crippen LogP contribution in [0, 0.1) is 11.6 Å². The van der Waals surface area contributed by atoms with Gasteiger partial charge in [0.15, 0.2) is 0 Å². The van der Waals surface area contributed by atoms with Crippen LogP contribution in [-0.2, 0) is 19.6 Å². The van der Waals surface area contributed by atoms with Gasteiger partial charge < -0.3 is 10.1 Å². The summed E-state index contributed by atoms with van der Waals surface area (Å²) in [5.41, 5.74) is 0. The molecular formula is C14H16F2N2O4S. The van der Waals surface area contributed by atoms with Gasteiger partial charge in [0.1, 0.15) is 11.6 Å². The zero-order valence-corrected chi connectivity index (χ0v) is 13.0. The van der Waals surface area contributed by atoms with Crippen molar-refractivity contribution in [2.24, 2.45) is 0 Å². The van der Waals surface area contributed by atoms with E-state index in [0.717, 1.165) is 22.5 Å². The Balaban J connectivity index is 2.27. The minimum absolute atomic E-state index is 0.00187. The number of carbonyl (C=O) groups excluding carboxylic acids is 1. The number of benzene rings is 1. The lowest BCUT2D eigenvalue weighted by Crippen LogP contribution is -2.53. The number of nitrogens with one attached hydrogen (secondary N) is 1. The van der Waals surface area contributed by atoms with Gasteiger partial charge in [-0.3, -0.25) is 4.79 Å². The lowest BCUT2D eigenvalue weighted by molar-refractivity contribution is -0.116. The molecule has 1 aliphatic heterocycles. The molecule has 0 aliphatic carbocycles. The zero-order chi connectivity index (χ0) is 17.0. The third-order valence-electron chi connectivity index (χ3n) is 3.31. The topological polar surface area (TPSA) is 75.7 Å². The highest BCUT2D eigenvalue weighted by Gasteiger charge is 2.34. The predicted molar refractivity (Wildman–Crippen MR) is 78.1 cm³/mol. The first-order valence-corrected chi connectivity index (χ1v) is 8.24. The Morgan fingerprint density at radius 1 is 1.39 bits per heavy atom. The lowest BCUT2D eigenvalue weighted by atomic mass is 10.3. The van der Waals surface area contributed by atoms with E-state index in [1.165, 1.54) is 0 Å². The average molecular weight is 346 g/mol. The van der Waals surface area contributed by atoms with Crippen molar-refractivity contribution in [1.29, 1.82) is 0 Å². The number of halogens is 2. The number of morpholine rings is 1. The molecule has 0 spiro atoms. The Morgan fingerprint density at radius 3 is 2.65 bits per heavy atom. The third-order valence-corrected chi connectivity index (χ3v) is 5.24. The fraction of sp³-hybridized carbons (Fsp3) is 0.357.